The van der Waals surface area contributed by atoms with Gasteiger partial charge < -0.3 is 14.6 Å². The average molecular weight is 281 g/mol. The van der Waals surface area contributed by atoms with Gasteiger partial charge in [0, 0.05) is 13.5 Å². The standard InChI is InChI=1S/C14H23N3O3/c1-8(2)11-10(6-7-19-11)12-15-13(17-20-12)14(4,5)16-9(3)18/h8,10-11H,6-7H2,1-5H3,(H,16,18)/t10-,11+/m0/s1. The van der Waals surface area contributed by atoms with Crippen LogP contribution in [0.2, 0.25) is 0 Å². The number of ether oxygens (including phenoxy) is 1. The molecule has 20 heavy (non-hydrogen) atoms. The molecular weight excluding hydrogens is 258 g/mol. The Balaban J connectivity index is 2.18. The second kappa shape index (κ2) is 5.52. The summed E-state index contributed by atoms with van der Waals surface area (Å²) in [5.74, 6) is 1.53. The Morgan fingerprint density at radius 2 is 2.15 bits per heavy atom. The van der Waals surface area contributed by atoms with Crippen LogP contribution in [0.1, 0.15) is 58.7 Å². The van der Waals surface area contributed by atoms with Gasteiger partial charge in [-0.2, -0.15) is 4.98 Å². The van der Waals surface area contributed by atoms with E-state index < -0.39 is 5.54 Å². The predicted molar refractivity (Wildman–Crippen MR) is 73.1 cm³/mol. The first-order valence-electron chi connectivity index (χ1n) is 7.05. The number of carbonyl (C=O) groups is 1. The maximum Gasteiger partial charge on any atom is 0.232 e. The van der Waals surface area contributed by atoms with E-state index in [4.69, 9.17) is 9.26 Å². The molecule has 6 heteroatoms. The van der Waals surface area contributed by atoms with Crippen LogP contribution in [0.25, 0.3) is 0 Å². The summed E-state index contributed by atoms with van der Waals surface area (Å²) in [5.41, 5.74) is -0.639. The fraction of sp³-hybridized carbons (Fsp3) is 0.786. The number of hydrogen-bond acceptors (Lipinski definition) is 5. The van der Waals surface area contributed by atoms with E-state index in [9.17, 15) is 4.79 Å². The summed E-state index contributed by atoms with van der Waals surface area (Å²) >= 11 is 0. The van der Waals surface area contributed by atoms with E-state index in [-0.39, 0.29) is 17.9 Å². The maximum absolute atomic E-state index is 11.2. The van der Waals surface area contributed by atoms with E-state index in [1.165, 1.54) is 6.92 Å². The molecule has 2 atom stereocenters. The molecule has 0 radical (unpaired) electrons. The molecule has 2 rings (SSSR count). The van der Waals surface area contributed by atoms with Crippen LogP contribution < -0.4 is 5.32 Å². The Hall–Kier alpha value is -1.43. The van der Waals surface area contributed by atoms with Gasteiger partial charge >= 0.3 is 0 Å². The fourth-order valence-electron chi connectivity index (χ4n) is 2.67. The molecular formula is C14H23N3O3. The summed E-state index contributed by atoms with van der Waals surface area (Å²) in [7, 11) is 0. The number of nitrogens with one attached hydrogen (secondary N) is 1. The topological polar surface area (TPSA) is 77.2 Å². The summed E-state index contributed by atoms with van der Waals surface area (Å²) in [6.45, 7) is 10.2. The molecule has 0 spiro atoms. The quantitative estimate of drug-likeness (QED) is 0.913. The molecule has 112 valence electrons. The first kappa shape index (κ1) is 15.0. The van der Waals surface area contributed by atoms with Crippen LogP contribution in [0.15, 0.2) is 4.52 Å². The molecule has 1 aliphatic rings. The SMILES string of the molecule is CC(=O)NC(C)(C)c1noc([C@H]2CCO[C@@H]2C(C)C)n1. The Morgan fingerprint density at radius 3 is 2.75 bits per heavy atom. The molecule has 0 bridgehead atoms. The molecule has 0 saturated carbocycles. The van der Waals surface area contributed by atoms with Gasteiger partial charge in [-0.05, 0) is 26.2 Å². The van der Waals surface area contributed by atoms with Crippen molar-refractivity contribution in [1.29, 1.82) is 0 Å². The van der Waals surface area contributed by atoms with Crippen LogP contribution in [0, 0.1) is 5.92 Å². The average Bonchev–Trinajstić information content (AvgIpc) is 2.96. The molecule has 2 heterocycles. The van der Waals surface area contributed by atoms with E-state index in [0.717, 1.165) is 13.0 Å². The summed E-state index contributed by atoms with van der Waals surface area (Å²) in [6.07, 6.45) is 1.01. The number of rotatable bonds is 4. The van der Waals surface area contributed by atoms with Gasteiger partial charge in [0.05, 0.1) is 17.6 Å². The maximum atomic E-state index is 11.2. The van der Waals surface area contributed by atoms with Gasteiger partial charge in [0.1, 0.15) is 0 Å². The molecule has 1 aromatic heterocycles. The number of hydrogen-bond donors (Lipinski definition) is 1. The number of nitrogens with zero attached hydrogens (tertiary/aromatic N) is 2. The van der Waals surface area contributed by atoms with Gasteiger partial charge in [-0.1, -0.05) is 19.0 Å². The second-order valence-corrected chi connectivity index (χ2v) is 6.24. The predicted octanol–water partition coefficient (Wildman–Crippen LogP) is 1.97. The smallest absolute Gasteiger partial charge is 0.232 e. The van der Waals surface area contributed by atoms with Crippen molar-refractivity contribution in [2.75, 3.05) is 6.61 Å². The number of aromatic nitrogens is 2. The van der Waals surface area contributed by atoms with Crippen molar-refractivity contribution >= 4 is 5.91 Å². The van der Waals surface area contributed by atoms with Gasteiger partial charge in [0.2, 0.25) is 11.8 Å². The minimum Gasteiger partial charge on any atom is -0.377 e. The molecule has 0 aromatic carbocycles. The van der Waals surface area contributed by atoms with Crippen LogP contribution in [-0.4, -0.2) is 28.8 Å². The molecule has 1 aromatic rings. The van der Waals surface area contributed by atoms with E-state index in [2.05, 4.69) is 29.3 Å². The van der Waals surface area contributed by atoms with Gasteiger partial charge in [-0.3, -0.25) is 4.79 Å². The van der Waals surface area contributed by atoms with E-state index in [1.807, 2.05) is 13.8 Å². The Labute approximate surface area is 119 Å². The molecule has 0 unspecified atom stereocenters. The lowest BCUT2D eigenvalue weighted by molar-refractivity contribution is -0.120. The highest BCUT2D eigenvalue weighted by molar-refractivity contribution is 5.73. The Morgan fingerprint density at radius 1 is 1.45 bits per heavy atom. The number of carbonyl (C=O) groups excluding carboxylic acids is 1. The first-order valence-corrected chi connectivity index (χ1v) is 7.05. The van der Waals surface area contributed by atoms with Crippen LogP contribution in [0.4, 0.5) is 0 Å². The normalized spacial score (nSPS) is 23.3. The van der Waals surface area contributed by atoms with Crippen molar-refractivity contribution in [3.8, 4) is 0 Å². The van der Waals surface area contributed by atoms with Crippen molar-refractivity contribution in [2.45, 2.75) is 58.6 Å². The van der Waals surface area contributed by atoms with Crippen molar-refractivity contribution < 1.29 is 14.1 Å². The summed E-state index contributed by atoms with van der Waals surface area (Å²) < 4.78 is 11.1. The highest BCUT2D eigenvalue weighted by Crippen LogP contribution is 2.35. The third-order valence-corrected chi connectivity index (χ3v) is 3.60. The molecule has 1 amide bonds. The minimum atomic E-state index is -0.639. The van der Waals surface area contributed by atoms with Crippen molar-refractivity contribution in [2.24, 2.45) is 5.92 Å². The molecule has 1 aliphatic heterocycles. The molecule has 0 aliphatic carbocycles. The van der Waals surface area contributed by atoms with Gasteiger partial charge in [0.25, 0.3) is 0 Å². The molecule has 1 fully saturated rings. The monoisotopic (exact) mass is 281 g/mol. The molecule has 1 N–H and O–H groups in total. The zero-order valence-electron chi connectivity index (χ0n) is 12.8. The van der Waals surface area contributed by atoms with E-state index >= 15 is 0 Å². The Kier molecular flexibility index (Phi) is 4.13. The van der Waals surface area contributed by atoms with Gasteiger partial charge in [0.15, 0.2) is 5.82 Å². The first-order chi connectivity index (χ1) is 9.31. The lowest BCUT2D eigenvalue weighted by atomic mass is 9.93. The van der Waals surface area contributed by atoms with Crippen molar-refractivity contribution in [3.63, 3.8) is 0 Å². The van der Waals surface area contributed by atoms with Crippen LogP contribution in [0.3, 0.4) is 0 Å². The fourth-order valence-corrected chi connectivity index (χ4v) is 2.67. The minimum absolute atomic E-state index is 0.118. The highest BCUT2D eigenvalue weighted by atomic mass is 16.5. The lowest BCUT2D eigenvalue weighted by Gasteiger charge is -2.21. The third-order valence-electron chi connectivity index (χ3n) is 3.60. The highest BCUT2D eigenvalue weighted by Gasteiger charge is 2.37. The van der Waals surface area contributed by atoms with Crippen LogP contribution >= 0.6 is 0 Å². The second-order valence-electron chi connectivity index (χ2n) is 6.24. The Bertz CT molecular complexity index is 482. The zero-order valence-corrected chi connectivity index (χ0v) is 12.8. The molecule has 6 nitrogen and oxygen atoms in total. The third kappa shape index (κ3) is 3.00. The van der Waals surface area contributed by atoms with E-state index in [0.29, 0.717) is 17.6 Å². The molecule has 1 saturated heterocycles. The number of amides is 1. The van der Waals surface area contributed by atoms with Gasteiger partial charge in [-0.25, -0.2) is 0 Å². The summed E-state index contributed by atoms with van der Waals surface area (Å²) in [4.78, 5) is 15.7. The van der Waals surface area contributed by atoms with Crippen LogP contribution in [-0.2, 0) is 15.1 Å². The lowest BCUT2D eigenvalue weighted by Crippen LogP contribution is -2.40. The van der Waals surface area contributed by atoms with Crippen LogP contribution in [0.5, 0.6) is 0 Å². The largest absolute Gasteiger partial charge is 0.377 e. The van der Waals surface area contributed by atoms with Gasteiger partial charge in [-0.15, -0.1) is 0 Å². The van der Waals surface area contributed by atoms with Crippen molar-refractivity contribution in [1.82, 2.24) is 15.5 Å². The van der Waals surface area contributed by atoms with E-state index in [1.54, 1.807) is 0 Å². The van der Waals surface area contributed by atoms with Crippen molar-refractivity contribution in [3.05, 3.63) is 11.7 Å². The summed E-state index contributed by atoms with van der Waals surface area (Å²) in [6, 6.07) is 0. The summed E-state index contributed by atoms with van der Waals surface area (Å²) in [5, 5.41) is 6.84. The zero-order chi connectivity index (χ0) is 14.9.